The van der Waals surface area contributed by atoms with E-state index in [4.69, 9.17) is 19.9 Å². The molecule has 0 saturated heterocycles. The van der Waals surface area contributed by atoms with Gasteiger partial charge in [-0.15, -0.1) is 0 Å². The molecule has 0 amide bonds. The minimum atomic E-state index is -0.997. The molecule has 0 bridgehead atoms. The molecule has 0 aromatic heterocycles. The van der Waals surface area contributed by atoms with Gasteiger partial charge in [0.05, 0.1) is 0 Å². The van der Waals surface area contributed by atoms with Crippen LogP contribution in [0.3, 0.4) is 0 Å². The molecular weight excluding hydrogens is 220 g/mol. The summed E-state index contributed by atoms with van der Waals surface area (Å²) in [6.07, 6.45) is 0. The van der Waals surface area contributed by atoms with Gasteiger partial charge in [-0.25, -0.2) is 0 Å². The van der Waals surface area contributed by atoms with E-state index in [2.05, 4.69) is 5.16 Å². The van der Waals surface area contributed by atoms with E-state index in [1.807, 2.05) is 6.07 Å². The summed E-state index contributed by atoms with van der Waals surface area (Å²) in [7, 11) is 3.00. The summed E-state index contributed by atoms with van der Waals surface area (Å²) < 4.78 is 10.6. The maximum Gasteiger partial charge on any atom is 0.191 e. The highest BCUT2D eigenvalue weighted by Crippen LogP contribution is 2.28. The highest BCUT2D eigenvalue weighted by Gasteiger charge is 2.29. The van der Waals surface area contributed by atoms with Crippen LogP contribution in [0, 0.1) is 11.3 Å². The first-order valence-corrected chi connectivity index (χ1v) is 4.95. The van der Waals surface area contributed by atoms with Crippen LogP contribution in [0.4, 0.5) is 0 Å². The lowest BCUT2D eigenvalue weighted by Gasteiger charge is -2.28. The second-order valence-electron chi connectivity index (χ2n) is 3.46. The molecular formula is C12H14N2O3. The lowest BCUT2D eigenvalue weighted by Crippen LogP contribution is -2.29. The van der Waals surface area contributed by atoms with E-state index in [0.717, 1.165) is 0 Å². The van der Waals surface area contributed by atoms with Gasteiger partial charge in [-0.1, -0.05) is 29.4 Å². The molecule has 0 atom stereocenters. The number of ether oxygens (including phenoxy) is 2. The van der Waals surface area contributed by atoms with E-state index in [1.165, 1.54) is 14.2 Å². The third-order valence-electron chi connectivity index (χ3n) is 2.66. The Labute approximate surface area is 99.9 Å². The summed E-state index contributed by atoms with van der Waals surface area (Å²) in [5.74, 6) is -0.997. The molecule has 0 saturated carbocycles. The zero-order chi connectivity index (χ0) is 12.9. The molecule has 0 unspecified atom stereocenters. The number of methoxy groups -OCH3 is 2. The summed E-state index contributed by atoms with van der Waals surface area (Å²) in [5.41, 5.74) is 1.02. The fraction of sp³-hybridized carbons (Fsp3) is 0.333. The minimum Gasteiger partial charge on any atom is -0.410 e. The number of rotatable bonds is 4. The van der Waals surface area contributed by atoms with Gasteiger partial charge >= 0.3 is 0 Å². The van der Waals surface area contributed by atoms with E-state index >= 15 is 0 Å². The largest absolute Gasteiger partial charge is 0.410 e. The molecule has 17 heavy (non-hydrogen) atoms. The molecule has 1 N–H and O–H groups in total. The Kier molecular flexibility index (Phi) is 4.21. The zero-order valence-electron chi connectivity index (χ0n) is 9.97. The third kappa shape index (κ3) is 2.44. The van der Waals surface area contributed by atoms with Crippen molar-refractivity contribution in [3.63, 3.8) is 0 Å². The molecule has 1 aromatic carbocycles. The average Bonchev–Trinajstić information content (AvgIpc) is 2.40. The normalized spacial score (nSPS) is 12.2. The topological polar surface area (TPSA) is 74.8 Å². The number of hydrogen-bond donors (Lipinski definition) is 1. The van der Waals surface area contributed by atoms with Gasteiger partial charge in [-0.2, -0.15) is 5.26 Å². The molecule has 0 radical (unpaired) electrons. The van der Waals surface area contributed by atoms with Crippen molar-refractivity contribution in [1.82, 2.24) is 0 Å². The third-order valence-corrected chi connectivity index (χ3v) is 2.66. The summed E-state index contributed by atoms with van der Waals surface area (Å²) in [6.45, 7) is 1.72. The molecule has 5 heteroatoms. The molecule has 0 aliphatic carbocycles. The van der Waals surface area contributed by atoms with Crippen molar-refractivity contribution in [1.29, 1.82) is 5.26 Å². The lowest BCUT2D eigenvalue weighted by atomic mass is 9.97. The van der Waals surface area contributed by atoms with Crippen molar-refractivity contribution in [3.05, 3.63) is 35.4 Å². The number of nitriles is 1. The second-order valence-corrected chi connectivity index (χ2v) is 3.46. The van der Waals surface area contributed by atoms with Crippen molar-refractivity contribution in [2.45, 2.75) is 12.7 Å². The smallest absolute Gasteiger partial charge is 0.191 e. The Morgan fingerprint density at radius 2 is 1.94 bits per heavy atom. The molecule has 1 rings (SSSR count). The summed E-state index contributed by atoms with van der Waals surface area (Å²) >= 11 is 0. The average molecular weight is 234 g/mol. The Bertz CT molecular complexity index is 459. The quantitative estimate of drug-likeness (QED) is 0.373. The van der Waals surface area contributed by atoms with E-state index in [0.29, 0.717) is 11.1 Å². The molecule has 90 valence electrons. The minimum absolute atomic E-state index is 0.0825. The van der Waals surface area contributed by atoms with Crippen LogP contribution in [0.1, 0.15) is 18.1 Å². The Morgan fingerprint density at radius 3 is 2.41 bits per heavy atom. The summed E-state index contributed by atoms with van der Waals surface area (Å²) in [6, 6.07) is 8.78. The van der Waals surface area contributed by atoms with Crippen LogP contribution in [0.5, 0.6) is 0 Å². The van der Waals surface area contributed by atoms with Crippen LogP contribution in [0.15, 0.2) is 29.4 Å². The highest BCUT2D eigenvalue weighted by molar-refractivity contribution is 6.12. The first-order chi connectivity index (χ1) is 8.12. The van der Waals surface area contributed by atoms with Crippen molar-refractivity contribution in [3.8, 4) is 6.07 Å². The molecule has 0 aliphatic heterocycles. The van der Waals surface area contributed by atoms with Crippen molar-refractivity contribution in [2.75, 3.05) is 14.2 Å². The molecule has 0 heterocycles. The predicted octanol–water partition coefficient (Wildman–Crippen LogP) is 1.85. The Balaban J connectivity index is 3.41. The SMILES string of the molecule is COC(C)(OC)c1ccccc1C(C#N)=NO. The van der Waals surface area contributed by atoms with Gasteiger partial charge in [0.15, 0.2) is 11.5 Å². The Hall–Kier alpha value is -1.90. The number of benzene rings is 1. The molecule has 0 spiro atoms. The first-order valence-electron chi connectivity index (χ1n) is 4.95. The van der Waals surface area contributed by atoms with Crippen LogP contribution in [0.25, 0.3) is 0 Å². The van der Waals surface area contributed by atoms with Crippen LogP contribution in [-0.4, -0.2) is 25.1 Å². The zero-order valence-corrected chi connectivity index (χ0v) is 9.97. The van der Waals surface area contributed by atoms with Crippen molar-refractivity contribution < 1.29 is 14.7 Å². The fourth-order valence-electron chi connectivity index (χ4n) is 1.53. The van der Waals surface area contributed by atoms with Crippen molar-refractivity contribution in [2.24, 2.45) is 5.16 Å². The van der Waals surface area contributed by atoms with E-state index in [1.54, 1.807) is 31.2 Å². The summed E-state index contributed by atoms with van der Waals surface area (Å²) in [4.78, 5) is 0. The van der Waals surface area contributed by atoms with Gasteiger partial charge in [-0.3, -0.25) is 0 Å². The van der Waals surface area contributed by atoms with Crippen LogP contribution >= 0.6 is 0 Å². The van der Waals surface area contributed by atoms with E-state index in [9.17, 15) is 0 Å². The standard InChI is InChI=1S/C12H14N2O3/c1-12(16-2,17-3)10-7-5-4-6-9(10)11(8-13)14-15/h4-7,15H,1-3H3. The van der Waals surface area contributed by atoms with Gasteiger partial charge in [0.25, 0.3) is 0 Å². The highest BCUT2D eigenvalue weighted by atomic mass is 16.7. The molecule has 5 nitrogen and oxygen atoms in total. The van der Waals surface area contributed by atoms with Crippen LogP contribution < -0.4 is 0 Å². The summed E-state index contributed by atoms with van der Waals surface area (Å²) in [5, 5.41) is 20.7. The van der Waals surface area contributed by atoms with E-state index < -0.39 is 5.79 Å². The molecule has 0 fully saturated rings. The first kappa shape index (κ1) is 13.2. The van der Waals surface area contributed by atoms with Crippen LogP contribution in [0.2, 0.25) is 0 Å². The Morgan fingerprint density at radius 1 is 1.35 bits per heavy atom. The maximum absolute atomic E-state index is 8.89. The predicted molar refractivity (Wildman–Crippen MR) is 61.7 cm³/mol. The van der Waals surface area contributed by atoms with Gasteiger partial charge in [0.1, 0.15) is 6.07 Å². The van der Waals surface area contributed by atoms with Gasteiger partial charge < -0.3 is 14.7 Å². The van der Waals surface area contributed by atoms with Crippen LogP contribution in [-0.2, 0) is 15.3 Å². The van der Waals surface area contributed by atoms with Gasteiger partial charge in [0.2, 0.25) is 0 Å². The molecule has 0 aliphatic rings. The molecule has 1 aromatic rings. The number of nitrogens with zero attached hydrogens (tertiary/aromatic N) is 2. The lowest BCUT2D eigenvalue weighted by molar-refractivity contribution is -0.201. The second kappa shape index (κ2) is 5.43. The van der Waals surface area contributed by atoms with Crippen molar-refractivity contribution >= 4 is 5.71 Å². The monoisotopic (exact) mass is 234 g/mol. The van der Waals surface area contributed by atoms with E-state index in [-0.39, 0.29) is 5.71 Å². The maximum atomic E-state index is 8.89. The van der Waals surface area contributed by atoms with Gasteiger partial charge in [0, 0.05) is 25.3 Å². The number of oxime groups is 1. The van der Waals surface area contributed by atoms with Gasteiger partial charge in [-0.05, 0) is 6.92 Å². The fourth-order valence-corrected chi connectivity index (χ4v) is 1.53. The number of hydrogen-bond acceptors (Lipinski definition) is 5.